The summed E-state index contributed by atoms with van der Waals surface area (Å²) in [5.74, 6) is 5.35. The lowest BCUT2D eigenvalue weighted by atomic mass is 10.2. The maximum Gasteiger partial charge on any atom is 0.340 e. The molecule has 0 aliphatic heterocycles. The van der Waals surface area contributed by atoms with Crippen LogP contribution >= 0.6 is 22.9 Å². The fourth-order valence-electron chi connectivity index (χ4n) is 1.98. The molecule has 3 rings (SSSR count). The molecule has 2 heterocycles. The highest BCUT2D eigenvalue weighted by atomic mass is 35.5. The van der Waals surface area contributed by atoms with Crippen LogP contribution in [0.4, 0.5) is 0 Å². The number of hydrogen-bond acceptors (Lipinski definition) is 4. The van der Waals surface area contributed by atoms with Crippen molar-refractivity contribution in [3.63, 3.8) is 0 Å². The minimum Gasteiger partial charge on any atom is -0.449 e. The van der Waals surface area contributed by atoms with E-state index >= 15 is 0 Å². The van der Waals surface area contributed by atoms with Crippen molar-refractivity contribution in [3.8, 4) is 22.4 Å². The highest BCUT2D eigenvalue weighted by Crippen LogP contribution is 2.25. The van der Waals surface area contributed by atoms with Gasteiger partial charge in [0.2, 0.25) is 0 Å². The van der Waals surface area contributed by atoms with Crippen LogP contribution in [-0.4, -0.2) is 17.6 Å². The molecule has 0 saturated heterocycles. The average molecular weight is 354 g/mol. The van der Waals surface area contributed by atoms with Crippen molar-refractivity contribution in [1.29, 1.82) is 0 Å². The van der Waals surface area contributed by atoms with Crippen LogP contribution < -0.4 is 0 Å². The van der Waals surface area contributed by atoms with Crippen molar-refractivity contribution in [3.05, 3.63) is 76.3 Å². The van der Waals surface area contributed by atoms with E-state index in [4.69, 9.17) is 16.3 Å². The van der Waals surface area contributed by atoms with E-state index in [2.05, 4.69) is 16.8 Å². The number of pyridine rings is 1. The van der Waals surface area contributed by atoms with E-state index in [-0.39, 0.29) is 6.61 Å². The molecule has 0 radical (unpaired) electrons. The van der Waals surface area contributed by atoms with Crippen LogP contribution in [0.25, 0.3) is 10.6 Å². The molecule has 0 spiro atoms. The molecule has 0 fully saturated rings. The molecule has 0 saturated carbocycles. The number of nitrogens with zero attached hydrogens (tertiary/aromatic N) is 1. The maximum absolute atomic E-state index is 11.9. The van der Waals surface area contributed by atoms with E-state index in [1.807, 2.05) is 30.3 Å². The Morgan fingerprint density at radius 2 is 1.96 bits per heavy atom. The first kappa shape index (κ1) is 16.3. The first-order valence-corrected chi connectivity index (χ1v) is 8.35. The summed E-state index contributed by atoms with van der Waals surface area (Å²) in [5.41, 5.74) is 1.26. The molecule has 0 unspecified atom stereocenters. The van der Waals surface area contributed by atoms with E-state index in [0.717, 1.165) is 15.4 Å². The Morgan fingerprint density at radius 1 is 1.12 bits per heavy atom. The topological polar surface area (TPSA) is 39.2 Å². The smallest absolute Gasteiger partial charge is 0.340 e. The highest BCUT2D eigenvalue weighted by Gasteiger charge is 2.09. The number of halogens is 1. The predicted octanol–water partition coefficient (Wildman–Crippen LogP) is 4.67. The lowest BCUT2D eigenvalue weighted by molar-refractivity contribution is 0.0557. The van der Waals surface area contributed by atoms with Crippen LogP contribution in [0.5, 0.6) is 0 Å². The molecule has 0 bridgehead atoms. The number of rotatable bonds is 3. The number of hydrogen-bond donors (Lipinski definition) is 0. The zero-order valence-corrected chi connectivity index (χ0v) is 14.1. The van der Waals surface area contributed by atoms with E-state index in [1.165, 1.54) is 0 Å². The third-order valence-electron chi connectivity index (χ3n) is 3.10. The van der Waals surface area contributed by atoms with Gasteiger partial charge in [0.15, 0.2) is 6.61 Å². The van der Waals surface area contributed by atoms with Crippen LogP contribution in [0.2, 0.25) is 5.02 Å². The van der Waals surface area contributed by atoms with Crippen molar-refractivity contribution in [1.82, 2.24) is 4.98 Å². The van der Waals surface area contributed by atoms with Gasteiger partial charge in [-0.15, -0.1) is 11.3 Å². The number of thiophene rings is 1. The number of carbonyl (C=O) groups is 1. The summed E-state index contributed by atoms with van der Waals surface area (Å²) in [6, 6.07) is 16.4. The number of benzene rings is 1. The summed E-state index contributed by atoms with van der Waals surface area (Å²) in [4.78, 5) is 18.1. The van der Waals surface area contributed by atoms with E-state index in [9.17, 15) is 4.79 Å². The van der Waals surface area contributed by atoms with Crippen molar-refractivity contribution in [2.24, 2.45) is 0 Å². The molecule has 3 nitrogen and oxygen atoms in total. The van der Waals surface area contributed by atoms with Gasteiger partial charge in [-0.3, -0.25) is 4.98 Å². The highest BCUT2D eigenvalue weighted by molar-refractivity contribution is 7.16. The Balaban J connectivity index is 1.60. The molecule has 0 atom stereocenters. The van der Waals surface area contributed by atoms with Gasteiger partial charge in [0.05, 0.1) is 26.0 Å². The molecular weight excluding hydrogens is 342 g/mol. The second kappa shape index (κ2) is 7.78. The molecule has 1 aromatic carbocycles. The Bertz CT molecular complexity index is 910. The zero-order chi connectivity index (χ0) is 16.8. The monoisotopic (exact) mass is 353 g/mol. The average Bonchev–Trinajstić information content (AvgIpc) is 3.09. The van der Waals surface area contributed by atoms with E-state index in [0.29, 0.717) is 10.6 Å². The molecule has 24 heavy (non-hydrogen) atoms. The molecule has 0 amide bonds. The van der Waals surface area contributed by atoms with Crippen LogP contribution in [-0.2, 0) is 4.74 Å². The van der Waals surface area contributed by atoms with E-state index < -0.39 is 5.97 Å². The minimum atomic E-state index is -0.477. The zero-order valence-electron chi connectivity index (χ0n) is 12.5. The van der Waals surface area contributed by atoms with E-state index in [1.54, 1.807) is 41.8 Å². The van der Waals surface area contributed by atoms with Gasteiger partial charge in [0.1, 0.15) is 0 Å². The Morgan fingerprint density at radius 3 is 2.75 bits per heavy atom. The predicted molar refractivity (Wildman–Crippen MR) is 96.2 cm³/mol. The first-order valence-electron chi connectivity index (χ1n) is 7.16. The Hall–Kier alpha value is -2.61. The van der Waals surface area contributed by atoms with Crippen LogP contribution in [0, 0.1) is 11.8 Å². The molecule has 3 aromatic rings. The number of esters is 1. The van der Waals surface area contributed by atoms with Gasteiger partial charge < -0.3 is 4.74 Å². The van der Waals surface area contributed by atoms with Crippen LogP contribution in [0.15, 0.2) is 60.8 Å². The van der Waals surface area contributed by atoms with Crippen LogP contribution in [0.1, 0.15) is 15.2 Å². The summed E-state index contributed by atoms with van der Waals surface area (Å²) < 4.78 is 5.12. The standard InChI is InChI=1S/C19H12ClNO2S/c20-16-8-2-1-7-15(16)19(22)23-13-5-6-14-10-11-18(24-14)17-9-3-4-12-21-17/h1-4,7-12H,13H2. The summed E-state index contributed by atoms with van der Waals surface area (Å²) >= 11 is 7.49. The third-order valence-corrected chi connectivity index (χ3v) is 4.46. The van der Waals surface area contributed by atoms with Gasteiger partial charge in [-0.1, -0.05) is 41.6 Å². The maximum atomic E-state index is 11.9. The lowest BCUT2D eigenvalue weighted by Gasteiger charge is -2.02. The van der Waals surface area contributed by atoms with Gasteiger partial charge in [-0.2, -0.15) is 0 Å². The fraction of sp³-hybridized carbons (Fsp3) is 0.0526. The molecule has 0 N–H and O–H groups in total. The summed E-state index contributed by atoms with van der Waals surface area (Å²) in [5, 5.41) is 0.369. The molecule has 5 heteroatoms. The summed E-state index contributed by atoms with van der Waals surface area (Å²) in [7, 11) is 0. The van der Waals surface area contributed by atoms with Crippen LogP contribution in [0.3, 0.4) is 0 Å². The molecule has 0 aliphatic carbocycles. The quantitative estimate of drug-likeness (QED) is 0.507. The van der Waals surface area contributed by atoms with Gasteiger partial charge in [0, 0.05) is 6.20 Å². The third kappa shape index (κ3) is 4.02. The second-order valence-electron chi connectivity index (χ2n) is 4.74. The second-order valence-corrected chi connectivity index (χ2v) is 6.23. The lowest BCUT2D eigenvalue weighted by Crippen LogP contribution is -2.05. The largest absolute Gasteiger partial charge is 0.449 e. The van der Waals surface area contributed by atoms with Gasteiger partial charge in [0.25, 0.3) is 0 Å². The summed E-state index contributed by atoms with van der Waals surface area (Å²) in [6.07, 6.45) is 1.76. The minimum absolute atomic E-state index is 0.0148. The first-order chi connectivity index (χ1) is 11.7. The SMILES string of the molecule is O=C(OCC#Cc1ccc(-c2ccccn2)s1)c1ccccc1Cl. The fourth-order valence-corrected chi connectivity index (χ4v) is 3.05. The van der Waals surface area contributed by atoms with Crippen molar-refractivity contribution < 1.29 is 9.53 Å². The molecule has 2 aromatic heterocycles. The normalized spacial score (nSPS) is 9.88. The van der Waals surface area contributed by atoms with Crippen molar-refractivity contribution in [2.75, 3.05) is 6.61 Å². The number of ether oxygens (including phenoxy) is 1. The number of aromatic nitrogens is 1. The van der Waals surface area contributed by atoms with Gasteiger partial charge in [-0.05, 0) is 36.4 Å². The summed E-state index contributed by atoms with van der Waals surface area (Å²) in [6.45, 7) is 0.0148. The van der Waals surface area contributed by atoms with Crippen molar-refractivity contribution >= 4 is 28.9 Å². The molecule has 0 aliphatic rings. The van der Waals surface area contributed by atoms with Crippen molar-refractivity contribution in [2.45, 2.75) is 0 Å². The number of carbonyl (C=O) groups excluding carboxylic acids is 1. The molecular formula is C19H12ClNO2S. The Kier molecular flexibility index (Phi) is 5.27. The van der Waals surface area contributed by atoms with Gasteiger partial charge in [-0.25, -0.2) is 4.79 Å². The van der Waals surface area contributed by atoms with Gasteiger partial charge >= 0.3 is 5.97 Å². The Labute approximate surface area is 148 Å². The molecule has 118 valence electrons.